The molecule has 1 saturated carbocycles. The van der Waals surface area contributed by atoms with Crippen molar-refractivity contribution < 1.29 is 0 Å². The van der Waals surface area contributed by atoms with Crippen LogP contribution in [0.5, 0.6) is 0 Å². The molecule has 2 heterocycles. The second-order valence-corrected chi connectivity index (χ2v) is 6.20. The number of thiophene rings is 1. The van der Waals surface area contributed by atoms with Crippen LogP contribution < -0.4 is 4.90 Å². The van der Waals surface area contributed by atoms with Crippen LogP contribution in [0.15, 0.2) is 30.6 Å². The largest absolute Gasteiger partial charge is 0.356 e. The van der Waals surface area contributed by atoms with Crippen LogP contribution in [0.1, 0.15) is 19.3 Å². The molecule has 2 aromatic heterocycles. The molecule has 0 atom stereocenters. The lowest BCUT2D eigenvalue weighted by molar-refractivity contribution is 0.400. The zero-order valence-electron chi connectivity index (χ0n) is 10.8. The molecule has 19 heavy (non-hydrogen) atoms. The Morgan fingerprint density at radius 1 is 1.21 bits per heavy atom. The van der Waals surface area contributed by atoms with E-state index >= 15 is 0 Å². The van der Waals surface area contributed by atoms with E-state index in [0.717, 1.165) is 10.6 Å². The quantitative estimate of drug-likeness (QED) is 0.708. The fourth-order valence-corrected chi connectivity index (χ4v) is 3.79. The molecule has 3 nitrogen and oxygen atoms in total. The fraction of sp³-hybridized carbons (Fsp3) is 0.333. The smallest absolute Gasteiger partial charge is 0.141 e. The molecule has 0 N–H and O–H groups in total. The molecule has 4 heteroatoms. The number of aromatic nitrogens is 2. The van der Waals surface area contributed by atoms with Gasteiger partial charge < -0.3 is 4.90 Å². The van der Waals surface area contributed by atoms with Gasteiger partial charge in [0.25, 0.3) is 0 Å². The minimum atomic E-state index is 0.650. The topological polar surface area (TPSA) is 29.0 Å². The summed E-state index contributed by atoms with van der Waals surface area (Å²) < 4.78 is 1.29. The van der Waals surface area contributed by atoms with E-state index in [9.17, 15) is 0 Å². The monoisotopic (exact) mass is 269 g/mol. The average Bonchev–Trinajstić information content (AvgIpc) is 2.74. The highest BCUT2D eigenvalue weighted by Gasteiger charge is 2.25. The van der Waals surface area contributed by atoms with Crippen LogP contribution in [0.3, 0.4) is 0 Å². The van der Waals surface area contributed by atoms with Crippen LogP contribution in [0.2, 0.25) is 0 Å². The van der Waals surface area contributed by atoms with Crippen LogP contribution in [0.25, 0.3) is 20.3 Å². The second-order valence-electron chi connectivity index (χ2n) is 5.17. The molecule has 0 radical (unpaired) electrons. The number of hydrogen-bond acceptors (Lipinski definition) is 4. The molecule has 0 saturated heterocycles. The first-order chi connectivity index (χ1) is 9.34. The Bertz CT molecular complexity index is 745. The molecular formula is C15H15N3S. The molecular weight excluding hydrogens is 254 g/mol. The molecule has 96 valence electrons. The minimum Gasteiger partial charge on any atom is -0.356 e. The van der Waals surface area contributed by atoms with Gasteiger partial charge in [0, 0.05) is 23.2 Å². The summed E-state index contributed by atoms with van der Waals surface area (Å²) in [4.78, 5) is 12.4. The van der Waals surface area contributed by atoms with E-state index in [0.29, 0.717) is 6.04 Å². The van der Waals surface area contributed by atoms with Gasteiger partial charge in [0.2, 0.25) is 0 Å². The Labute approximate surface area is 115 Å². The Kier molecular flexibility index (Phi) is 2.45. The summed E-state index contributed by atoms with van der Waals surface area (Å²) in [6, 6.07) is 9.16. The van der Waals surface area contributed by atoms with Crippen LogP contribution in [0, 0.1) is 0 Å². The summed E-state index contributed by atoms with van der Waals surface area (Å²) in [5, 5.41) is 2.50. The maximum absolute atomic E-state index is 4.55. The van der Waals surface area contributed by atoms with E-state index < -0.39 is 0 Å². The molecule has 0 bridgehead atoms. The highest BCUT2D eigenvalue weighted by molar-refractivity contribution is 7.25. The van der Waals surface area contributed by atoms with E-state index in [1.807, 2.05) is 0 Å². The fourth-order valence-electron chi connectivity index (χ4n) is 2.75. The molecule has 1 aliphatic rings. The molecule has 0 spiro atoms. The Morgan fingerprint density at radius 2 is 2.05 bits per heavy atom. The summed E-state index contributed by atoms with van der Waals surface area (Å²) in [7, 11) is 2.16. The third-order valence-electron chi connectivity index (χ3n) is 4.11. The zero-order valence-corrected chi connectivity index (χ0v) is 11.7. The van der Waals surface area contributed by atoms with E-state index in [1.54, 1.807) is 17.7 Å². The molecule has 1 aromatic carbocycles. The van der Waals surface area contributed by atoms with Gasteiger partial charge in [0.05, 0.1) is 5.39 Å². The van der Waals surface area contributed by atoms with Crippen molar-refractivity contribution in [2.45, 2.75) is 25.3 Å². The van der Waals surface area contributed by atoms with Crippen LogP contribution in [0.4, 0.5) is 5.82 Å². The normalized spacial score (nSPS) is 15.8. The maximum atomic E-state index is 4.55. The van der Waals surface area contributed by atoms with Crippen molar-refractivity contribution in [1.29, 1.82) is 0 Å². The molecule has 3 aromatic rings. The van der Waals surface area contributed by atoms with Crippen molar-refractivity contribution in [3.8, 4) is 0 Å². The zero-order chi connectivity index (χ0) is 12.8. The number of rotatable bonds is 2. The first-order valence-corrected chi connectivity index (χ1v) is 7.51. The lowest BCUT2D eigenvalue weighted by Gasteiger charge is -2.35. The predicted octanol–water partition coefficient (Wildman–Crippen LogP) is 3.83. The SMILES string of the molecule is CN(c1ncnc2sc3ccccc3c12)C1CCC1. The van der Waals surface area contributed by atoms with Gasteiger partial charge in [0.15, 0.2) is 0 Å². The Balaban J connectivity index is 1.98. The van der Waals surface area contributed by atoms with Gasteiger partial charge in [-0.05, 0) is 25.3 Å². The standard InChI is InChI=1S/C15H15N3S/c1-18(10-5-4-6-10)14-13-11-7-2-3-8-12(11)19-15(13)17-9-16-14/h2-3,7-10H,4-6H2,1H3. The number of hydrogen-bond donors (Lipinski definition) is 0. The first-order valence-electron chi connectivity index (χ1n) is 6.69. The molecule has 4 rings (SSSR count). The summed E-state index contributed by atoms with van der Waals surface area (Å²) in [6.07, 6.45) is 5.60. The van der Waals surface area contributed by atoms with Gasteiger partial charge in [-0.1, -0.05) is 18.2 Å². The van der Waals surface area contributed by atoms with Gasteiger partial charge in [-0.25, -0.2) is 9.97 Å². The third kappa shape index (κ3) is 1.63. The minimum absolute atomic E-state index is 0.650. The van der Waals surface area contributed by atoms with Crippen LogP contribution in [-0.4, -0.2) is 23.1 Å². The van der Waals surface area contributed by atoms with Crippen molar-refractivity contribution in [3.05, 3.63) is 30.6 Å². The molecule has 0 aliphatic heterocycles. The average molecular weight is 269 g/mol. The highest BCUT2D eigenvalue weighted by Crippen LogP contribution is 2.38. The number of benzene rings is 1. The summed E-state index contributed by atoms with van der Waals surface area (Å²) in [5.74, 6) is 1.09. The van der Waals surface area contributed by atoms with Gasteiger partial charge in [-0.15, -0.1) is 11.3 Å². The maximum Gasteiger partial charge on any atom is 0.141 e. The lowest BCUT2D eigenvalue weighted by atomic mass is 9.92. The molecule has 1 fully saturated rings. The van der Waals surface area contributed by atoms with E-state index in [1.165, 1.54) is 34.7 Å². The van der Waals surface area contributed by atoms with E-state index in [2.05, 4.69) is 46.2 Å². The first kappa shape index (κ1) is 11.2. The number of nitrogens with zero attached hydrogens (tertiary/aromatic N) is 3. The summed E-state index contributed by atoms with van der Waals surface area (Å²) in [6.45, 7) is 0. The van der Waals surface area contributed by atoms with Crippen molar-refractivity contribution in [1.82, 2.24) is 9.97 Å². The Morgan fingerprint density at radius 3 is 2.84 bits per heavy atom. The van der Waals surface area contributed by atoms with Crippen molar-refractivity contribution >= 4 is 37.5 Å². The van der Waals surface area contributed by atoms with Crippen LogP contribution >= 0.6 is 11.3 Å². The molecule has 0 amide bonds. The Hall–Kier alpha value is -1.68. The summed E-state index contributed by atoms with van der Waals surface area (Å²) >= 11 is 1.75. The highest BCUT2D eigenvalue weighted by atomic mass is 32.1. The number of fused-ring (bicyclic) bond motifs is 3. The van der Waals surface area contributed by atoms with Crippen molar-refractivity contribution in [3.63, 3.8) is 0 Å². The summed E-state index contributed by atoms with van der Waals surface area (Å²) in [5.41, 5.74) is 0. The predicted molar refractivity (Wildman–Crippen MR) is 81.0 cm³/mol. The molecule has 1 aliphatic carbocycles. The van der Waals surface area contributed by atoms with Gasteiger partial charge in [-0.2, -0.15) is 0 Å². The second kappa shape index (κ2) is 4.17. The molecule has 0 unspecified atom stereocenters. The van der Waals surface area contributed by atoms with Crippen LogP contribution in [-0.2, 0) is 0 Å². The van der Waals surface area contributed by atoms with Crippen molar-refractivity contribution in [2.24, 2.45) is 0 Å². The third-order valence-corrected chi connectivity index (χ3v) is 5.19. The lowest BCUT2D eigenvalue weighted by Crippen LogP contribution is -2.37. The van der Waals surface area contributed by atoms with Crippen molar-refractivity contribution in [2.75, 3.05) is 11.9 Å². The van der Waals surface area contributed by atoms with Gasteiger partial charge in [0.1, 0.15) is 17.0 Å². The van der Waals surface area contributed by atoms with E-state index in [-0.39, 0.29) is 0 Å². The van der Waals surface area contributed by atoms with Gasteiger partial charge in [-0.3, -0.25) is 0 Å². The number of anilines is 1. The van der Waals surface area contributed by atoms with Gasteiger partial charge >= 0.3 is 0 Å². The van der Waals surface area contributed by atoms with E-state index in [4.69, 9.17) is 0 Å².